The first-order chi connectivity index (χ1) is 9.29. The zero-order chi connectivity index (χ0) is 13.5. The number of benzene rings is 1. The lowest BCUT2D eigenvalue weighted by atomic mass is 9.97. The van der Waals surface area contributed by atoms with Crippen molar-refractivity contribution in [3.63, 3.8) is 0 Å². The normalized spacial score (nSPS) is 18.4. The van der Waals surface area contributed by atoms with E-state index < -0.39 is 0 Å². The van der Waals surface area contributed by atoms with Gasteiger partial charge in [-0.2, -0.15) is 0 Å². The minimum Gasteiger partial charge on any atom is -0.376 e. The summed E-state index contributed by atoms with van der Waals surface area (Å²) < 4.78 is 5.95. The molecular weight excluding hydrogens is 234 g/mol. The summed E-state index contributed by atoms with van der Waals surface area (Å²) in [6.07, 6.45) is 9.19. The summed E-state index contributed by atoms with van der Waals surface area (Å²) in [6, 6.07) is 8.70. The van der Waals surface area contributed by atoms with Gasteiger partial charge >= 0.3 is 0 Å². The van der Waals surface area contributed by atoms with Gasteiger partial charge in [0.05, 0.1) is 18.8 Å². The second-order valence-electron chi connectivity index (χ2n) is 5.69. The van der Waals surface area contributed by atoms with Crippen LogP contribution in [0.15, 0.2) is 24.3 Å². The van der Waals surface area contributed by atoms with Crippen molar-refractivity contribution in [2.24, 2.45) is 5.73 Å². The van der Waals surface area contributed by atoms with E-state index in [1.54, 1.807) is 0 Å². The lowest BCUT2D eigenvalue weighted by Crippen LogP contribution is -2.23. The molecule has 1 aliphatic carbocycles. The van der Waals surface area contributed by atoms with Crippen molar-refractivity contribution in [1.82, 2.24) is 0 Å². The molecule has 2 N–H and O–H groups in total. The second kappa shape index (κ2) is 7.66. The molecule has 1 aliphatic rings. The molecule has 2 rings (SSSR count). The van der Waals surface area contributed by atoms with E-state index >= 15 is 0 Å². The van der Waals surface area contributed by atoms with Crippen LogP contribution in [-0.2, 0) is 11.2 Å². The molecule has 1 fully saturated rings. The third kappa shape index (κ3) is 4.63. The van der Waals surface area contributed by atoms with E-state index in [1.165, 1.54) is 49.7 Å². The summed E-state index contributed by atoms with van der Waals surface area (Å²) in [5.74, 6) is 0. The fourth-order valence-electron chi connectivity index (χ4n) is 2.79. The number of nitrogens with two attached hydrogens (primary N) is 1. The van der Waals surface area contributed by atoms with E-state index in [0.29, 0.717) is 12.7 Å². The van der Waals surface area contributed by atoms with Crippen LogP contribution < -0.4 is 5.73 Å². The van der Waals surface area contributed by atoms with Gasteiger partial charge in [-0.3, -0.25) is 0 Å². The van der Waals surface area contributed by atoms with Gasteiger partial charge in [0.15, 0.2) is 0 Å². The van der Waals surface area contributed by atoms with Crippen LogP contribution in [0.5, 0.6) is 0 Å². The Labute approximate surface area is 117 Å². The molecule has 1 atom stereocenters. The molecule has 0 radical (unpaired) electrons. The molecule has 106 valence electrons. The highest BCUT2D eigenvalue weighted by molar-refractivity contribution is 5.25. The summed E-state index contributed by atoms with van der Waals surface area (Å²) in [7, 11) is 0. The van der Waals surface area contributed by atoms with Gasteiger partial charge in [-0.25, -0.2) is 0 Å². The molecule has 0 bridgehead atoms. The quantitative estimate of drug-likeness (QED) is 0.840. The summed E-state index contributed by atoms with van der Waals surface area (Å²) in [4.78, 5) is 0. The lowest BCUT2D eigenvalue weighted by Gasteiger charge is -2.24. The number of hydrogen-bond acceptors (Lipinski definition) is 2. The van der Waals surface area contributed by atoms with Crippen LogP contribution in [-0.4, -0.2) is 12.7 Å². The largest absolute Gasteiger partial charge is 0.376 e. The first kappa shape index (κ1) is 14.5. The van der Waals surface area contributed by atoms with Crippen molar-refractivity contribution in [3.8, 4) is 0 Å². The van der Waals surface area contributed by atoms with Crippen molar-refractivity contribution >= 4 is 0 Å². The van der Waals surface area contributed by atoms with E-state index in [4.69, 9.17) is 10.5 Å². The maximum absolute atomic E-state index is 6.21. The monoisotopic (exact) mass is 261 g/mol. The smallest absolute Gasteiger partial charge is 0.0663 e. The Hall–Kier alpha value is -0.860. The first-order valence-corrected chi connectivity index (χ1v) is 7.75. The van der Waals surface area contributed by atoms with E-state index in [1.807, 2.05) is 0 Å². The minimum atomic E-state index is 0.0117. The number of ether oxygens (including phenoxy) is 1. The van der Waals surface area contributed by atoms with Crippen LogP contribution >= 0.6 is 0 Å². The molecule has 0 saturated heterocycles. The van der Waals surface area contributed by atoms with Crippen LogP contribution in [0, 0.1) is 0 Å². The molecular formula is C17H27NO. The minimum absolute atomic E-state index is 0.0117. The molecule has 2 heteroatoms. The molecule has 19 heavy (non-hydrogen) atoms. The van der Waals surface area contributed by atoms with Crippen molar-refractivity contribution in [1.29, 1.82) is 0 Å². The van der Waals surface area contributed by atoms with Crippen molar-refractivity contribution < 1.29 is 4.74 Å². The molecule has 0 aromatic heterocycles. The summed E-state index contributed by atoms with van der Waals surface area (Å²) in [5.41, 5.74) is 8.80. The van der Waals surface area contributed by atoms with Crippen LogP contribution in [0.25, 0.3) is 0 Å². The molecule has 0 aliphatic heterocycles. The zero-order valence-corrected chi connectivity index (χ0v) is 12.1. The molecule has 0 spiro atoms. The maximum Gasteiger partial charge on any atom is 0.0663 e. The first-order valence-electron chi connectivity index (χ1n) is 7.75. The van der Waals surface area contributed by atoms with E-state index in [2.05, 4.69) is 31.2 Å². The Morgan fingerprint density at radius 1 is 1.16 bits per heavy atom. The predicted octanol–water partition coefficient (Wildman–Crippen LogP) is 3.99. The SMILES string of the molecule is CCCc1ccc(C(N)COC2CCCCC2)cc1. The maximum atomic E-state index is 6.21. The number of aryl methyl sites for hydroxylation is 1. The Morgan fingerprint density at radius 2 is 1.84 bits per heavy atom. The predicted molar refractivity (Wildman–Crippen MR) is 80.2 cm³/mol. The van der Waals surface area contributed by atoms with Crippen LogP contribution in [0.1, 0.15) is 62.6 Å². The molecule has 1 saturated carbocycles. The Kier molecular flexibility index (Phi) is 5.87. The highest BCUT2D eigenvalue weighted by Crippen LogP contribution is 2.22. The third-order valence-electron chi connectivity index (χ3n) is 4.01. The van der Waals surface area contributed by atoms with Crippen LogP contribution in [0.2, 0.25) is 0 Å². The molecule has 0 heterocycles. The standard InChI is InChI=1S/C17H27NO/c1-2-6-14-9-11-15(12-10-14)17(18)13-19-16-7-4-3-5-8-16/h9-12,16-17H,2-8,13,18H2,1H3. The molecule has 1 aromatic carbocycles. The van der Waals surface area contributed by atoms with Gasteiger partial charge in [-0.15, -0.1) is 0 Å². The van der Waals surface area contributed by atoms with E-state index in [9.17, 15) is 0 Å². The van der Waals surface area contributed by atoms with Gasteiger partial charge in [0.25, 0.3) is 0 Å². The highest BCUT2D eigenvalue weighted by Gasteiger charge is 2.15. The lowest BCUT2D eigenvalue weighted by molar-refractivity contribution is 0.0206. The second-order valence-corrected chi connectivity index (χ2v) is 5.69. The third-order valence-corrected chi connectivity index (χ3v) is 4.01. The van der Waals surface area contributed by atoms with Crippen LogP contribution in [0.4, 0.5) is 0 Å². The van der Waals surface area contributed by atoms with Crippen molar-refractivity contribution in [2.45, 2.75) is 64.0 Å². The summed E-state index contributed by atoms with van der Waals surface area (Å²) >= 11 is 0. The van der Waals surface area contributed by atoms with Gasteiger partial charge in [0.2, 0.25) is 0 Å². The number of rotatable bonds is 6. The fraction of sp³-hybridized carbons (Fsp3) is 0.647. The average molecular weight is 261 g/mol. The summed E-state index contributed by atoms with van der Waals surface area (Å²) in [6.45, 7) is 2.86. The van der Waals surface area contributed by atoms with E-state index in [-0.39, 0.29) is 6.04 Å². The van der Waals surface area contributed by atoms with E-state index in [0.717, 1.165) is 6.42 Å². The topological polar surface area (TPSA) is 35.2 Å². The zero-order valence-electron chi connectivity index (χ0n) is 12.1. The fourth-order valence-corrected chi connectivity index (χ4v) is 2.79. The van der Waals surface area contributed by atoms with Crippen LogP contribution in [0.3, 0.4) is 0 Å². The number of hydrogen-bond donors (Lipinski definition) is 1. The summed E-state index contributed by atoms with van der Waals surface area (Å²) in [5, 5.41) is 0. The molecule has 0 amide bonds. The van der Waals surface area contributed by atoms with Gasteiger partial charge in [-0.1, -0.05) is 56.9 Å². The van der Waals surface area contributed by atoms with Gasteiger partial charge in [0, 0.05) is 0 Å². The Bertz CT molecular complexity index is 354. The van der Waals surface area contributed by atoms with Gasteiger partial charge in [-0.05, 0) is 30.4 Å². The molecule has 1 aromatic rings. The van der Waals surface area contributed by atoms with Crippen molar-refractivity contribution in [2.75, 3.05) is 6.61 Å². The average Bonchev–Trinajstić information content (AvgIpc) is 2.47. The Balaban J connectivity index is 1.79. The highest BCUT2D eigenvalue weighted by atomic mass is 16.5. The van der Waals surface area contributed by atoms with Gasteiger partial charge < -0.3 is 10.5 Å². The van der Waals surface area contributed by atoms with Gasteiger partial charge in [0.1, 0.15) is 0 Å². The Morgan fingerprint density at radius 3 is 2.47 bits per heavy atom. The van der Waals surface area contributed by atoms with Crippen molar-refractivity contribution in [3.05, 3.63) is 35.4 Å². The molecule has 1 unspecified atom stereocenters. The molecule has 2 nitrogen and oxygen atoms in total.